The maximum absolute atomic E-state index is 12.7. The summed E-state index contributed by atoms with van der Waals surface area (Å²) in [6, 6.07) is 4.72. The van der Waals surface area contributed by atoms with Gasteiger partial charge in [-0.25, -0.2) is 4.79 Å². The highest BCUT2D eigenvalue weighted by molar-refractivity contribution is 5.88. The molecule has 5 nitrogen and oxygen atoms in total. The Kier molecular flexibility index (Phi) is 4.35. The second-order valence-corrected chi connectivity index (χ2v) is 6.57. The van der Waals surface area contributed by atoms with Crippen LogP contribution in [0.4, 0.5) is 0 Å². The Balaban J connectivity index is 2.43. The molecular weight excluding hydrogens is 282 g/mol. The summed E-state index contributed by atoms with van der Waals surface area (Å²) in [7, 11) is 1.33. The molecule has 0 radical (unpaired) electrons. The summed E-state index contributed by atoms with van der Waals surface area (Å²) in [5.41, 5.74) is 1.85. The number of carbonyl (C=O) groups is 3. The van der Waals surface area contributed by atoms with Crippen LogP contribution in [0.2, 0.25) is 0 Å². The molecule has 0 fully saturated rings. The first-order valence-electron chi connectivity index (χ1n) is 7.24. The van der Waals surface area contributed by atoms with Crippen LogP contribution in [0, 0.1) is 5.41 Å². The number of esters is 1. The maximum Gasteiger partial charge on any atom is 0.328 e. The van der Waals surface area contributed by atoms with Gasteiger partial charge in [-0.05, 0) is 17.2 Å². The van der Waals surface area contributed by atoms with Gasteiger partial charge in [0.15, 0.2) is 0 Å². The molecule has 0 N–H and O–H groups in total. The minimum Gasteiger partial charge on any atom is -0.467 e. The van der Waals surface area contributed by atoms with Crippen LogP contribution in [0.25, 0.3) is 0 Å². The minimum atomic E-state index is -0.619. The quantitative estimate of drug-likeness (QED) is 0.619. The van der Waals surface area contributed by atoms with E-state index in [1.54, 1.807) is 17.0 Å². The van der Waals surface area contributed by atoms with Crippen molar-refractivity contribution >= 4 is 18.2 Å². The number of ether oxygens (including phenoxy) is 1. The summed E-state index contributed by atoms with van der Waals surface area (Å²) in [4.78, 5) is 37.2. The molecule has 2 rings (SSSR count). The number of carbonyl (C=O) groups excluding carboxylic acids is 3. The molecule has 1 aromatic rings. The van der Waals surface area contributed by atoms with Crippen LogP contribution in [-0.2, 0) is 27.3 Å². The summed E-state index contributed by atoms with van der Waals surface area (Å²) >= 11 is 0. The van der Waals surface area contributed by atoms with Crippen molar-refractivity contribution in [3.8, 4) is 0 Å². The number of nitrogens with zero attached hydrogens (tertiary/aromatic N) is 1. The van der Waals surface area contributed by atoms with Crippen LogP contribution >= 0.6 is 0 Å². The third-order valence-corrected chi connectivity index (χ3v) is 3.87. The van der Waals surface area contributed by atoms with Gasteiger partial charge in [0.1, 0.15) is 12.3 Å². The minimum absolute atomic E-state index is 0.106. The fourth-order valence-electron chi connectivity index (χ4n) is 2.67. The number of amides is 1. The van der Waals surface area contributed by atoms with E-state index in [1.807, 2.05) is 26.8 Å². The van der Waals surface area contributed by atoms with Crippen LogP contribution in [0.3, 0.4) is 0 Å². The van der Waals surface area contributed by atoms with E-state index in [0.717, 1.165) is 17.4 Å². The van der Waals surface area contributed by atoms with E-state index in [4.69, 9.17) is 4.74 Å². The van der Waals surface area contributed by atoms with Crippen molar-refractivity contribution in [3.05, 3.63) is 34.9 Å². The number of hydrogen-bond donors (Lipinski definition) is 0. The summed E-state index contributed by atoms with van der Waals surface area (Å²) in [5, 5.41) is 0. The third kappa shape index (κ3) is 3.03. The van der Waals surface area contributed by atoms with Crippen molar-refractivity contribution in [3.63, 3.8) is 0 Å². The molecule has 5 heteroatoms. The molecule has 1 aromatic carbocycles. The van der Waals surface area contributed by atoms with E-state index in [-0.39, 0.29) is 5.91 Å². The highest BCUT2D eigenvalue weighted by Gasteiger charge is 2.39. The lowest BCUT2D eigenvalue weighted by Crippen LogP contribution is -2.52. The van der Waals surface area contributed by atoms with Gasteiger partial charge in [-0.15, -0.1) is 0 Å². The molecule has 0 spiro atoms. The first-order valence-corrected chi connectivity index (χ1v) is 7.24. The van der Waals surface area contributed by atoms with Gasteiger partial charge < -0.3 is 9.64 Å². The highest BCUT2D eigenvalue weighted by Crippen LogP contribution is 2.29. The van der Waals surface area contributed by atoms with E-state index in [2.05, 4.69) is 0 Å². The summed E-state index contributed by atoms with van der Waals surface area (Å²) in [5.74, 6) is -0.521. The Labute approximate surface area is 130 Å². The van der Waals surface area contributed by atoms with E-state index >= 15 is 0 Å². The molecule has 0 unspecified atom stereocenters. The van der Waals surface area contributed by atoms with E-state index in [1.165, 1.54) is 7.11 Å². The average molecular weight is 303 g/mol. The third-order valence-electron chi connectivity index (χ3n) is 3.87. The largest absolute Gasteiger partial charge is 0.467 e. The molecule has 0 aliphatic carbocycles. The lowest BCUT2D eigenvalue weighted by molar-refractivity contribution is -0.157. The number of benzene rings is 1. The number of methoxy groups -OCH3 is 1. The number of rotatable bonds is 2. The van der Waals surface area contributed by atoms with Gasteiger partial charge in [0, 0.05) is 23.9 Å². The van der Waals surface area contributed by atoms with E-state index in [0.29, 0.717) is 18.5 Å². The molecule has 0 saturated carbocycles. The van der Waals surface area contributed by atoms with Crippen molar-refractivity contribution in [2.24, 2.45) is 5.41 Å². The highest BCUT2D eigenvalue weighted by atomic mass is 16.5. The molecule has 0 bridgehead atoms. The Morgan fingerprint density at radius 3 is 2.50 bits per heavy atom. The Hall–Kier alpha value is -2.17. The fraction of sp³-hybridized carbons (Fsp3) is 0.471. The summed E-state index contributed by atoms with van der Waals surface area (Å²) < 4.78 is 4.85. The first kappa shape index (κ1) is 16.2. The normalized spacial score (nSPS) is 17.6. The molecule has 1 amide bonds. The molecular formula is C17H21NO4. The van der Waals surface area contributed by atoms with Crippen molar-refractivity contribution in [2.75, 3.05) is 7.11 Å². The predicted octanol–water partition coefficient (Wildman–Crippen LogP) is 1.97. The van der Waals surface area contributed by atoms with Crippen LogP contribution in [0.1, 0.15) is 42.3 Å². The second kappa shape index (κ2) is 5.91. The molecule has 0 saturated heterocycles. The van der Waals surface area contributed by atoms with Crippen LogP contribution in [0.5, 0.6) is 0 Å². The topological polar surface area (TPSA) is 63.7 Å². The lowest BCUT2D eigenvalue weighted by Gasteiger charge is -2.38. The molecule has 1 aliphatic rings. The van der Waals surface area contributed by atoms with Crippen molar-refractivity contribution in [1.82, 2.24) is 4.90 Å². The molecule has 22 heavy (non-hydrogen) atoms. The van der Waals surface area contributed by atoms with Gasteiger partial charge in [-0.3, -0.25) is 9.59 Å². The van der Waals surface area contributed by atoms with Gasteiger partial charge in [0.25, 0.3) is 0 Å². The Bertz CT molecular complexity index is 616. The van der Waals surface area contributed by atoms with Gasteiger partial charge in [-0.1, -0.05) is 32.9 Å². The monoisotopic (exact) mass is 303 g/mol. The zero-order valence-corrected chi connectivity index (χ0v) is 13.4. The SMILES string of the molecule is COC(=O)[C@@H]1Cc2ccc(C=O)cc2CN1C(=O)C(C)(C)C. The van der Waals surface area contributed by atoms with Crippen molar-refractivity contribution in [1.29, 1.82) is 0 Å². The molecule has 1 aliphatic heterocycles. The zero-order valence-electron chi connectivity index (χ0n) is 13.4. The smallest absolute Gasteiger partial charge is 0.328 e. The van der Waals surface area contributed by atoms with E-state index < -0.39 is 17.4 Å². The second-order valence-electron chi connectivity index (χ2n) is 6.57. The van der Waals surface area contributed by atoms with Crippen LogP contribution < -0.4 is 0 Å². The summed E-state index contributed by atoms with van der Waals surface area (Å²) in [6.45, 7) is 5.77. The first-order chi connectivity index (χ1) is 10.3. The standard InChI is InChI=1S/C17H21NO4/c1-17(2,3)16(21)18-9-13-7-11(10-19)5-6-12(13)8-14(18)15(20)22-4/h5-7,10,14H,8-9H2,1-4H3/t14-/m0/s1. The van der Waals surface area contributed by atoms with Crippen molar-refractivity contribution in [2.45, 2.75) is 39.8 Å². The summed E-state index contributed by atoms with van der Waals surface area (Å²) in [6.07, 6.45) is 1.19. The predicted molar refractivity (Wildman–Crippen MR) is 81.3 cm³/mol. The van der Waals surface area contributed by atoms with E-state index in [9.17, 15) is 14.4 Å². The van der Waals surface area contributed by atoms with Crippen molar-refractivity contribution < 1.29 is 19.1 Å². The fourth-order valence-corrected chi connectivity index (χ4v) is 2.67. The lowest BCUT2D eigenvalue weighted by atomic mass is 9.88. The Morgan fingerprint density at radius 2 is 1.95 bits per heavy atom. The van der Waals surface area contributed by atoms with Crippen LogP contribution in [0.15, 0.2) is 18.2 Å². The van der Waals surface area contributed by atoms with Crippen LogP contribution in [-0.4, -0.2) is 36.2 Å². The molecule has 1 atom stereocenters. The Morgan fingerprint density at radius 1 is 1.27 bits per heavy atom. The maximum atomic E-state index is 12.7. The molecule has 0 aromatic heterocycles. The van der Waals surface area contributed by atoms with Gasteiger partial charge in [0.05, 0.1) is 7.11 Å². The zero-order chi connectivity index (χ0) is 16.5. The van der Waals surface area contributed by atoms with Gasteiger partial charge in [-0.2, -0.15) is 0 Å². The number of aldehydes is 1. The average Bonchev–Trinajstić information content (AvgIpc) is 2.50. The number of hydrogen-bond acceptors (Lipinski definition) is 4. The molecule has 1 heterocycles. The number of fused-ring (bicyclic) bond motifs is 1. The molecule has 118 valence electrons. The van der Waals surface area contributed by atoms with Gasteiger partial charge >= 0.3 is 5.97 Å². The van der Waals surface area contributed by atoms with Gasteiger partial charge in [0.2, 0.25) is 5.91 Å².